The normalized spacial score (nSPS) is 11.0. The van der Waals surface area contributed by atoms with Gasteiger partial charge in [0, 0.05) is 0 Å². The molecule has 0 aliphatic heterocycles. The van der Waals surface area contributed by atoms with Crippen LogP contribution in [0.15, 0.2) is 12.7 Å². The minimum Gasteiger partial charge on any atom is -0.449 e. The van der Waals surface area contributed by atoms with Gasteiger partial charge in [0.1, 0.15) is 12.3 Å². The summed E-state index contributed by atoms with van der Waals surface area (Å²) >= 11 is 0. The van der Waals surface area contributed by atoms with Gasteiger partial charge >= 0.3 is 12.2 Å². The number of hydrazine groups is 1. The number of rotatable bonds is 6. The van der Waals surface area contributed by atoms with Gasteiger partial charge in [-0.2, -0.15) is 0 Å². The van der Waals surface area contributed by atoms with Crippen LogP contribution in [-0.4, -0.2) is 42.7 Å². The lowest BCUT2D eigenvalue weighted by atomic mass is 10.2. The second kappa shape index (κ2) is 9.03. The van der Waals surface area contributed by atoms with Gasteiger partial charge in [0.05, 0.1) is 13.2 Å². The Morgan fingerprint density at radius 3 is 2.39 bits per heavy atom. The predicted molar refractivity (Wildman–Crippen MR) is 63.7 cm³/mol. The number of carbonyl (C=O) groups is 3. The third kappa shape index (κ3) is 5.33. The van der Waals surface area contributed by atoms with Crippen molar-refractivity contribution in [3.05, 3.63) is 12.7 Å². The summed E-state index contributed by atoms with van der Waals surface area (Å²) in [6.45, 7) is 6.98. The molecule has 0 aliphatic carbocycles. The van der Waals surface area contributed by atoms with E-state index in [2.05, 4.69) is 16.7 Å². The Morgan fingerprint density at radius 1 is 1.33 bits per heavy atom. The highest BCUT2D eigenvalue weighted by Gasteiger charge is 2.26. The fraction of sp³-hybridized carbons (Fsp3) is 0.545. The summed E-state index contributed by atoms with van der Waals surface area (Å²) in [6.07, 6.45) is 0.503. The molecule has 0 aromatic rings. The van der Waals surface area contributed by atoms with Crippen LogP contribution in [-0.2, 0) is 14.3 Å². The average Bonchev–Trinajstić information content (AvgIpc) is 2.34. The standard InChI is InChI=1S/C11H18N2O5/c1-4-7-9(8-14)13(11(16)18-6-3)12-10(15)17-5-2/h4,8-9H,1,5-7H2,2-3H3,(H,12,15)/t9-/m1/s1. The zero-order valence-electron chi connectivity index (χ0n) is 10.5. The summed E-state index contributed by atoms with van der Waals surface area (Å²) in [5.41, 5.74) is 2.16. The molecule has 102 valence electrons. The summed E-state index contributed by atoms with van der Waals surface area (Å²) < 4.78 is 9.37. The van der Waals surface area contributed by atoms with Gasteiger partial charge in [-0.25, -0.2) is 20.0 Å². The van der Waals surface area contributed by atoms with Crippen molar-refractivity contribution in [3.8, 4) is 0 Å². The van der Waals surface area contributed by atoms with Crippen LogP contribution in [0.3, 0.4) is 0 Å². The fourth-order valence-electron chi connectivity index (χ4n) is 1.11. The van der Waals surface area contributed by atoms with E-state index in [1.165, 1.54) is 6.08 Å². The lowest BCUT2D eigenvalue weighted by Gasteiger charge is -2.26. The fourth-order valence-corrected chi connectivity index (χ4v) is 1.11. The van der Waals surface area contributed by atoms with E-state index in [0.717, 1.165) is 5.01 Å². The van der Waals surface area contributed by atoms with E-state index in [1.807, 2.05) is 0 Å². The molecular weight excluding hydrogens is 240 g/mol. The van der Waals surface area contributed by atoms with Gasteiger partial charge < -0.3 is 14.3 Å². The second-order valence-electron chi connectivity index (χ2n) is 3.13. The van der Waals surface area contributed by atoms with Crippen LogP contribution >= 0.6 is 0 Å². The van der Waals surface area contributed by atoms with Gasteiger partial charge in [-0.1, -0.05) is 6.08 Å². The maximum Gasteiger partial charge on any atom is 0.429 e. The van der Waals surface area contributed by atoms with Crippen molar-refractivity contribution in [3.63, 3.8) is 0 Å². The molecule has 0 heterocycles. The van der Waals surface area contributed by atoms with Crippen LogP contribution in [0.25, 0.3) is 0 Å². The molecule has 0 aromatic heterocycles. The molecule has 0 aromatic carbocycles. The molecule has 7 nitrogen and oxygen atoms in total. The van der Waals surface area contributed by atoms with Gasteiger partial charge in [0.2, 0.25) is 0 Å². The molecule has 0 rings (SSSR count). The maximum absolute atomic E-state index is 11.6. The van der Waals surface area contributed by atoms with Crippen molar-refractivity contribution < 1.29 is 23.9 Å². The minimum absolute atomic E-state index is 0.125. The van der Waals surface area contributed by atoms with Crippen molar-refractivity contribution in [2.45, 2.75) is 26.3 Å². The number of amides is 2. The quantitative estimate of drug-likeness (QED) is 0.440. The first-order valence-corrected chi connectivity index (χ1v) is 5.56. The SMILES string of the molecule is C=CC[C@H](C=O)N(NC(=O)OCC)C(=O)OCC. The van der Waals surface area contributed by atoms with Crippen molar-refractivity contribution in [1.82, 2.24) is 10.4 Å². The highest BCUT2D eigenvalue weighted by atomic mass is 16.6. The van der Waals surface area contributed by atoms with Gasteiger partial charge in [-0.15, -0.1) is 6.58 Å². The lowest BCUT2D eigenvalue weighted by Crippen LogP contribution is -2.52. The second-order valence-corrected chi connectivity index (χ2v) is 3.13. The van der Waals surface area contributed by atoms with E-state index >= 15 is 0 Å². The van der Waals surface area contributed by atoms with Crippen LogP contribution in [0.2, 0.25) is 0 Å². The summed E-state index contributed by atoms with van der Waals surface area (Å²) in [5, 5.41) is 0.788. The molecular formula is C11H18N2O5. The highest BCUT2D eigenvalue weighted by molar-refractivity contribution is 5.77. The molecule has 0 saturated heterocycles. The summed E-state index contributed by atoms with van der Waals surface area (Å²) in [7, 11) is 0. The average molecular weight is 258 g/mol. The van der Waals surface area contributed by atoms with E-state index < -0.39 is 18.2 Å². The highest BCUT2D eigenvalue weighted by Crippen LogP contribution is 2.03. The van der Waals surface area contributed by atoms with E-state index in [9.17, 15) is 14.4 Å². The van der Waals surface area contributed by atoms with Crippen molar-refractivity contribution >= 4 is 18.5 Å². The van der Waals surface area contributed by atoms with Gasteiger partial charge in [0.15, 0.2) is 0 Å². The van der Waals surface area contributed by atoms with Crippen molar-refractivity contribution in [2.75, 3.05) is 13.2 Å². The summed E-state index contributed by atoms with van der Waals surface area (Å²) in [6, 6.07) is -0.883. The van der Waals surface area contributed by atoms with Gasteiger partial charge in [-0.05, 0) is 20.3 Å². The molecule has 0 spiro atoms. The minimum atomic E-state index is -0.883. The third-order valence-corrected chi connectivity index (χ3v) is 1.85. The van der Waals surface area contributed by atoms with Crippen LogP contribution in [0, 0.1) is 0 Å². The maximum atomic E-state index is 11.6. The molecule has 18 heavy (non-hydrogen) atoms. The monoisotopic (exact) mass is 258 g/mol. The number of nitrogens with one attached hydrogen (secondary N) is 1. The van der Waals surface area contributed by atoms with Crippen molar-refractivity contribution in [1.29, 1.82) is 0 Å². The first-order chi connectivity index (χ1) is 8.60. The van der Waals surface area contributed by atoms with Crippen LogP contribution in [0.4, 0.5) is 9.59 Å². The molecule has 0 saturated carbocycles. The number of aldehydes is 1. The zero-order valence-corrected chi connectivity index (χ0v) is 10.5. The van der Waals surface area contributed by atoms with Crippen LogP contribution in [0.1, 0.15) is 20.3 Å². The number of hydrogen-bond donors (Lipinski definition) is 1. The van der Waals surface area contributed by atoms with Crippen molar-refractivity contribution in [2.24, 2.45) is 0 Å². The molecule has 2 amide bonds. The number of ether oxygens (including phenoxy) is 2. The van der Waals surface area contributed by atoms with E-state index in [0.29, 0.717) is 6.29 Å². The summed E-state index contributed by atoms with van der Waals surface area (Å²) in [4.78, 5) is 33.8. The van der Waals surface area contributed by atoms with E-state index in [4.69, 9.17) is 4.74 Å². The number of carbonyl (C=O) groups excluding carboxylic acids is 3. The summed E-state index contributed by atoms with van der Waals surface area (Å²) in [5.74, 6) is 0. The van der Waals surface area contributed by atoms with Crippen LogP contribution < -0.4 is 5.43 Å². The molecule has 0 fully saturated rings. The number of nitrogens with zero attached hydrogens (tertiary/aromatic N) is 1. The van der Waals surface area contributed by atoms with Gasteiger partial charge in [0.25, 0.3) is 0 Å². The Kier molecular flexibility index (Phi) is 8.00. The smallest absolute Gasteiger partial charge is 0.429 e. The Balaban J connectivity index is 4.78. The Labute approximate surface area is 106 Å². The van der Waals surface area contributed by atoms with Crippen LogP contribution in [0.5, 0.6) is 0 Å². The van der Waals surface area contributed by atoms with E-state index in [1.54, 1.807) is 13.8 Å². The molecule has 0 unspecified atom stereocenters. The Hall–Kier alpha value is -2.05. The molecule has 7 heteroatoms. The topological polar surface area (TPSA) is 84.9 Å². The lowest BCUT2D eigenvalue weighted by molar-refractivity contribution is -0.112. The Morgan fingerprint density at radius 2 is 1.94 bits per heavy atom. The first-order valence-electron chi connectivity index (χ1n) is 5.56. The number of hydrogen-bond acceptors (Lipinski definition) is 5. The van der Waals surface area contributed by atoms with Gasteiger partial charge in [-0.3, -0.25) is 0 Å². The largest absolute Gasteiger partial charge is 0.449 e. The molecule has 1 atom stereocenters. The molecule has 0 radical (unpaired) electrons. The molecule has 0 aliphatic rings. The first kappa shape index (κ1) is 16.0. The predicted octanol–water partition coefficient (Wildman–Crippen LogP) is 1.25. The third-order valence-electron chi connectivity index (χ3n) is 1.85. The molecule has 1 N–H and O–H groups in total. The molecule has 0 bridgehead atoms. The zero-order chi connectivity index (χ0) is 14.0. The van der Waals surface area contributed by atoms with E-state index in [-0.39, 0.29) is 19.6 Å². The Bertz CT molecular complexity index is 306.